The minimum absolute atomic E-state index is 0.0830. The van der Waals surface area contributed by atoms with Crippen molar-refractivity contribution in [2.24, 2.45) is 5.41 Å². The van der Waals surface area contributed by atoms with Gasteiger partial charge in [-0.3, -0.25) is 4.79 Å². The molecule has 18 heavy (non-hydrogen) atoms. The highest BCUT2D eigenvalue weighted by atomic mass is 16.5. The second-order valence-electron chi connectivity index (χ2n) is 5.62. The number of Topliss-reactive ketones (excluding diaryl/α,β-unsaturated/α-hetero) is 1. The Labute approximate surface area is 110 Å². The van der Waals surface area contributed by atoms with E-state index in [-0.39, 0.29) is 17.3 Å². The van der Waals surface area contributed by atoms with E-state index in [1.54, 1.807) is 0 Å². The van der Waals surface area contributed by atoms with Gasteiger partial charge in [0.25, 0.3) is 0 Å². The van der Waals surface area contributed by atoms with Gasteiger partial charge in [0.1, 0.15) is 6.10 Å². The van der Waals surface area contributed by atoms with E-state index in [1.165, 1.54) is 5.56 Å². The Morgan fingerprint density at radius 1 is 1.28 bits per heavy atom. The SMILES string of the molecule is CCOC(C(=O)c1cccc(CC)c1)C(C)(C)C. The molecule has 0 aliphatic heterocycles. The van der Waals surface area contributed by atoms with Crippen LogP contribution >= 0.6 is 0 Å². The fraction of sp³-hybridized carbons (Fsp3) is 0.562. The molecule has 1 aromatic rings. The lowest BCUT2D eigenvalue weighted by Crippen LogP contribution is -2.37. The van der Waals surface area contributed by atoms with Crippen molar-refractivity contribution >= 4 is 5.78 Å². The molecule has 1 atom stereocenters. The topological polar surface area (TPSA) is 26.3 Å². The van der Waals surface area contributed by atoms with Crippen molar-refractivity contribution in [1.29, 1.82) is 0 Å². The van der Waals surface area contributed by atoms with Crippen molar-refractivity contribution in [2.45, 2.75) is 47.1 Å². The van der Waals surface area contributed by atoms with Gasteiger partial charge < -0.3 is 4.74 Å². The molecule has 2 nitrogen and oxygen atoms in total. The van der Waals surface area contributed by atoms with Crippen LogP contribution in [0.25, 0.3) is 0 Å². The summed E-state index contributed by atoms with van der Waals surface area (Å²) in [5.74, 6) is 0.0830. The summed E-state index contributed by atoms with van der Waals surface area (Å²) in [6.45, 7) is 10.7. The van der Waals surface area contributed by atoms with Crippen molar-refractivity contribution < 1.29 is 9.53 Å². The fourth-order valence-corrected chi connectivity index (χ4v) is 1.98. The summed E-state index contributed by atoms with van der Waals surface area (Å²) in [6.07, 6.45) is 0.560. The number of rotatable bonds is 5. The smallest absolute Gasteiger partial charge is 0.192 e. The summed E-state index contributed by atoms with van der Waals surface area (Å²) < 4.78 is 5.65. The molecule has 0 aliphatic rings. The highest BCUT2D eigenvalue weighted by Crippen LogP contribution is 2.26. The van der Waals surface area contributed by atoms with E-state index in [9.17, 15) is 4.79 Å². The molecule has 0 aliphatic carbocycles. The Morgan fingerprint density at radius 2 is 1.94 bits per heavy atom. The minimum Gasteiger partial charge on any atom is -0.370 e. The van der Waals surface area contributed by atoms with Crippen LogP contribution in [0.2, 0.25) is 0 Å². The molecule has 1 aromatic carbocycles. The van der Waals surface area contributed by atoms with Crippen molar-refractivity contribution in [3.63, 3.8) is 0 Å². The predicted octanol–water partition coefficient (Wildman–Crippen LogP) is 3.88. The van der Waals surface area contributed by atoms with Gasteiger partial charge in [-0.05, 0) is 30.4 Å². The summed E-state index contributed by atoms with van der Waals surface area (Å²) in [7, 11) is 0. The average Bonchev–Trinajstić information content (AvgIpc) is 2.34. The maximum Gasteiger partial charge on any atom is 0.192 e. The lowest BCUT2D eigenvalue weighted by atomic mass is 9.84. The van der Waals surface area contributed by atoms with E-state index in [2.05, 4.69) is 6.92 Å². The zero-order chi connectivity index (χ0) is 13.8. The van der Waals surface area contributed by atoms with Crippen LogP contribution in [0.3, 0.4) is 0 Å². The molecule has 0 saturated carbocycles. The molecule has 0 aromatic heterocycles. The van der Waals surface area contributed by atoms with Gasteiger partial charge in [0, 0.05) is 12.2 Å². The number of ketones is 1. The molecular formula is C16H24O2. The maximum atomic E-state index is 12.5. The number of aryl methyl sites for hydroxylation is 1. The predicted molar refractivity (Wildman–Crippen MR) is 75.0 cm³/mol. The lowest BCUT2D eigenvalue weighted by molar-refractivity contribution is -0.000224. The Bertz CT molecular complexity index is 402. The van der Waals surface area contributed by atoms with E-state index < -0.39 is 0 Å². The number of hydrogen-bond donors (Lipinski definition) is 0. The van der Waals surface area contributed by atoms with Crippen LogP contribution in [0, 0.1) is 5.41 Å². The molecule has 0 heterocycles. The molecule has 1 unspecified atom stereocenters. The standard InChI is InChI=1S/C16H24O2/c1-6-12-9-8-10-13(11-12)14(17)15(18-7-2)16(3,4)5/h8-11,15H,6-7H2,1-5H3. The summed E-state index contributed by atoms with van der Waals surface area (Å²) in [5.41, 5.74) is 1.75. The third kappa shape index (κ3) is 3.67. The molecule has 0 saturated heterocycles. The van der Waals surface area contributed by atoms with Crippen molar-refractivity contribution in [1.82, 2.24) is 0 Å². The molecule has 1 rings (SSSR count). The molecule has 0 spiro atoms. The second-order valence-corrected chi connectivity index (χ2v) is 5.62. The van der Waals surface area contributed by atoms with Crippen LogP contribution in [-0.4, -0.2) is 18.5 Å². The zero-order valence-corrected chi connectivity index (χ0v) is 12.1. The molecule has 0 N–H and O–H groups in total. The molecule has 0 amide bonds. The van der Waals surface area contributed by atoms with Crippen molar-refractivity contribution in [3.8, 4) is 0 Å². The molecular weight excluding hydrogens is 224 g/mol. The molecule has 0 bridgehead atoms. The highest BCUT2D eigenvalue weighted by Gasteiger charge is 2.32. The zero-order valence-electron chi connectivity index (χ0n) is 12.1. The number of carbonyl (C=O) groups excluding carboxylic acids is 1. The monoisotopic (exact) mass is 248 g/mol. The van der Waals surface area contributed by atoms with Crippen LogP contribution in [0.4, 0.5) is 0 Å². The maximum absolute atomic E-state index is 12.5. The first-order valence-electron chi connectivity index (χ1n) is 6.64. The summed E-state index contributed by atoms with van der Waals surface area (Å²) in [5, 5.41) is 0. The van der Waals surface area contributed by atoms with E-state index in [0.717, 1.165) is 12.0 Å². The van der Waals surface area contributed by atoms with Gasteiger partial charge in [0.05, 0.1) is 0 Å². The van der Waals surface area contributed by atoms with Gasteiger partial charge in [-0.25, -0.2) is 0 Å². The van der Waals surface area contributed by atoms with Gasteiger partial charge in [-0.2, -0.15) is 0 Å². The fourth-order valence-electron chi connectivity index (χ4n) is 1.98. The normalized spacial score (nSPS) is 13.4. The lowest BCUT2D eigenvalue weighted by Gasteiger charge is -2.29. The van der Waals surface area contributed by atoms with Gasteiger partial charge in [-0.1, -0.05) is 45.9 Å². The van der Waals surface area contributed by atoms with Crippen LogP contribution in [0.15, 0.2) is 24.3 Å². The number of ether oxygens (including phenoxy) is 1. The summed E-state index contributed by atoms with van der Waals surface area (Å²) in [6, 6.07) is 7.83. The van der Waals surface area contributed by atoms with Gasteiger partial charge in [-0.15, -0.1) is 0 Å². The number of hydrogen-bond acceptors (Lipinski definition) is 2. The number of carbonyl (C=O) groups is 1. The average molecular weight is 248 g/mol. The first-order chi connectivity index (χ1) is 8.40. The van der Waals surface area contributed by atoms with Crippen molar-refractivity contribution in [2.75, 3.05) is 6.61 Å². The Balaban J connectivity index is 3.02. The third-order valence-electron chi connectivity index (χ3n) is 2.98. The Morgan fingerprint density at radius 3 is 2.44 bits per heavy atom. The van der Waals surface area contributed by atoms with E-state index in [1.807, 2.05) is 52.0 Å². The van der Waals surface area contributed by atoms with Crippen LogP contribution in [0.5, 0.6) is 0 Å². The number of benzene rings is 1. The van der Waals surface area contributed by atoms with E-state index in [0.29, 0.717) is 6.61 Å². The molecule has 100 valence electrons. The third-order valence-corrected chi connectivity index (χ3v) is 2.98. The first-order valence-corrected chi connectivity index (χ1v) is 6.64. The second kappa shape index (κ2) is 6.14. The molecule has 0 radical (unpaired) electrons. The van der Waals surface area contributed by atoms with E-state index in [4.69, 9.17) is 4.74 Å². The molecule has 2 heteroatoms. The van der Waals surface area contributed by atoms with E-state index >= 15 is 0 Å². The molecule has 0 fully saturated rings. The van der Waals surface area contributed by atoms with Gasteiger partial charge in [0.15, 0.2) is 5.78 Å². The highest BCUT2D eigenvalue weighted by molar-refractivity contribution is 6.00. The summed E-state index contributed by atoms with van der Waals surface area (Å²) in [4.78, 5) is 12.5. The van der Waals surface area contributed by atoms with Crippen LogP contribution in [-0.2, 0) is 11.2 Å². The van der Waals surface area contributed by atoms with Gasteiger partial charge in [0.2, 0.25) is 0 Å². The largest absolute Gasteiger partial charge is 0.370 e. The van der Waals surface area contributed by atoms with Gasteiger partial charge >= 0.3 is 0 Å². The van der Waals surface area contributed by atoms with Crippen molar-refractivity contribution in [3.05, 3.63) is 35.4 Å². The first kappa shape index (κ1) is 14.9. The Hall–Kier alpha value is -1.15. The minimum atomic E-state index is -0.380. The summed E-state index contributed by atoms with van der Waals surface area (Å²) >= 11 is 0. The quantitative estimate of drug-likeness (QED) is 0.739. The Kier molecular flexibility index (Phi) is 5.09. The van der Waals surface area contributed by atoms with Crippen LogP contribution in [0.1, 0.15) is 50.5 Å². The van der Waals surface area contributed by atoms with Crippen LogP contribution < -0.4 is 0 Å².